The molecule has 3 aromatic rings. The summed E-state index contributed by atoms with van der Waals surface area (Å²) in [5.41, 5.74) is 1.90. The molecule has 0 saturated carbocycles. The number of fused-ring (bicyclic) bond motifs is 1. The van der Waals surface area contributed by atoms with Crippen LogP contribution in [0.25, 0.3) is 10.8 Å². The summed E-state index contributed by atoms with van der Waals surface area (Å²) in [5, 5.41) is 3.71. The van der Waals surface area contributed by atoms with E-state index in [2.05, 4.69) is 20.3 Å². The largest absolute Gasteiger partial charge is 0.497 e. The molecule has 2 aromatic heterocycles. The molecule has 7 nitrogen and oxygen atoms in total. The van der Waals surface area contributed by atoms with Crippen molar-refractivity contribution in [2.45, 2.75) is 19.8 Å². The number of rotatable bonds is 6. The number of benzene rings is 1. The third kappa shape index (κ3) is 4.22. The second-order valence-electron chi connectivity index (χ2n) is 6.79. The molecule has 1 aliphatic rings. The molecule has 0 radical (unpaired) electrons. The summed E-state index contributed by atoms with van der Waals surface area (Å²) >= 11 is 1.33. The van der Waals surface area contributed by atoms with Gasteiger partial charge in [0, 0.05) is 30.9 Å². The maximum atomic E-state index is 12.8. The van der Waals surface area contributed by atoms with E-state index >= 15 is 0 Å². The minimum Gasteiger partial charge on any atom is -0.497 e. The van der Waals surface area contributed by atoms with Crippen LogP contribution >= 0.6 is 11.3 Å². The van der Waals surface area contributed by atoms with Crippen LogP contribution in [0.3, 0.4) is 0 Å². The molecule has 3 heterocycles. The SMILES string of the molecule is CCc1nc(-c2ncccn2)sc1C(=O)NCC1COc2cc(OC)ccc2C1. The number of ether oxygens (including phenoxy) is 2. The van der Waals surface area contributed by atoms with Crippen molar-refractivity contribution in [2.75, 3.05) is 20.3 Å². The molecule has 0 spiro atoms. The van der Waals surface area contributed by atoms with Gasteiger partial charge in [-0.3, -0.25) is 4.79 Å². The standard InChI is InChI=1S/C21H22N4O3S/c1-3-16-18(29-21(25-16)19-22-7-4-8-23-19)20(26)24-11-13-9-14-5-6-15(27-2)10-17(14)28-12-13/h4-8,10,13H,3,9,11-12H2,1-2H3,(H,24,26). The maximum absolute atomic E-state index is 12.8. The predicted octanol–water partition coefficient (Wildman–Crippen LogP) is 3.15. The van der Waals surface area contributed by atoms with Crippen LogP contribution in [-0.4, -0.2) is 41.1 Å². The van der Waals surface area contributed by atoms with Gasteiger partial charge in [0.25, 0.3) is 5.91 Å². The second-order valence-corrected chi connectivity index (χ2v) is 7.78. The molecule has 1 amide bonds. The Morgan fingerprint density at radius 2 is 2.17 bits per heavy atom. The number of nitrogens with one attached hydrogen (secondary N) is 1. The number of aromatic nitrogens is 3. The van der Waals surface area contributed by atoms with Crippen molar-refractivity contribution >= 4 is 17.2 Å². The second kappa shape index (κ2) is 8.57. The molecule has 0 fully saturated rings. The van der Waals surface area contributed by atoms with E-state index in [0.717, 1.165) is 29.2 Å². The summed E-state index contributed by atoms with van der Waals surface area (Å²) in [6.45, 7) is 3.09. The number of hydrogen-bond donors (Lipinski definition) is 1. The molecule has 1 unspecified atom stereocenters. The highest BCUT2D eigenvalue weighted by Crippen LogP contribution is 2.31. The van der Waals surface area contributed by atoms with E-state index in [1.165, 1.54) is 11.3 Å². The van der Waals surface area contributed by atoms with E-state index in [-0.39, 0.29) is 11.8 Å². The lowest BCUT2D eigenvalue weighted by atomic mass is 9.96. The van der Waals surface area contributed by atoms with Crippen molar-refractivity contribution in [2.24, 2.45) is 5.92 Å². The van der Waals surface area contributed by atoms with E-state index in [0.29, 0.717) is 35.3 Å². The van der Waals surface area contributed by atoms with E-state index < -0.39 is 0 Å². The van der Waals surface area contributed by atoms with Gasteiger partial charge in [-0.25, -0.2) is 15.0 Å². The molecule has 1 aliphatic heterocycles. The molecular formula is C21H22N4O3S. The molecule has 1 N–H and O–H groups in total. The lowest BCUT2D eigenvalue weighted by Crippen LogP contribution is -2.34. The summed E-state index contributed by atoms with van der Waals surface area (Å²) in [5.74, 6) is 2.29. The fourth-order valence-electron chi connectivity index (χ4n) is 3.26. The monoisotopic (exact) mass is 410 g/mol. The average Bonchev–Trinajstić information content (AvgIpc) is 3.22. The maximum Gasteiger partial charge on any atom is 0.263 e. The van der Waals surface area contributed by atoms with Crippen LogP contribution in [0.1, 0.15) is 27.9 Å². The number of carbonyl (C=O) groups is 1. The summed E-state index contributed by atoms with van der Waals surface area (Å²) in [4.78, 5) is 26.4. The summed E-state index contributed by atoms with van der Waals surface area (Å²) in [6.07, 6.45) is 4.87. The van der Waals surface area contributed by atoms with Crippen molar-refractivity contribution in [3.8, 4) is 22.3 Å². The van der Waals surface area contributed by atoms with Gasteiger partial charge in [0.15, 0.2) is 10.8 Å². The number of carbonyl (C=O) groups excluding carboxylic acids is 1. The topological polar surface area (TPSA) is 86.2 Å². The van der Waals surface area contributed by atoms with Gasteiger partial charge in [-0.05, 0) is 30.5 Å². The molecule has 4 rings (SSSR count). The zero-order chi connectivity index (χ0) is 20.2. The quantitative estimate of drug-likeness (QED) is 0.672. The molecule has 0 aliphatic carbocycles. The Balaban J connectivity index is 1.42. The molecule has 1 atom stereocenters. The smallest absolute Gasteiger partial charge is 0.263 e. The molecule has 150 valence electrons. The number of nitrogens with zero attached hydrogens (tertiary/aromatic N) is 3. The number of thiazole rings is 1. The van der Waals surface area contributed by atoms with Gasteiger partial charge in [-0.1, -0.05) is 13.0 Å². The van der Waals surface area contributed by atoms with Gasteiger partial charge < -0.3 is 14.8 Å². The minimum atomic E-state index is -0.109. The predicted molar refractivity (Wildman–Crippen MR) is 111 cm³/mol. The first-order valence-electron chi connectivity index (χ1n) is 9.53. The van der Waals surface area contributed by atoms with Crippen LogP contribution in [0.4, 0.5) is 0 Å². The van der Waals surface area contributed by atoms with Gasteiger partial charge in [0.05, 0.1) is 19.4 Å². The average molecular weight is 410 g/mol. The number of hydrogen-bond acceptors (Lipinski definition) is 7. The Bertz CT molecular complexity index is 1010. The zero-order valence-electron chi connectivity index (χ0n) is 16.3. The van der Waals surface area contributed by atoms with Crippen molar-refractivity contribution in [3.05, 3.63) is 52.8 Å². The highest BCUT2D eigenvalue weighted by molar-refractivity contribution is 7.17. The minimum absolute atomic E-state index is 0.109. The van der Waals surface area contributed by atoms with Crippen molar-refractivity contribution in [1.29, 1.82) is 0 Å². The highest BCUT2D eigenvalue weighted by atomic mass is 32.1. The van der Waals surface area contributed by atoms with Crippen molar-refractivity contribution in [1.82, 2.24) is 20.3 Å². The fourth-order valence-corrected chi connectivity index (χ4v) is 4.28. The summed E-state index contributed by atoms with van der Waals surface area (Å²) < 4.78 is 11.1. The van der Waals surface area contributed by atoms with Crippen LogP contribution in [-0.2, 0) is 12.8 Å². The zero-order valence-corrected chi connectivity index (χ0v) is 17.2. The van der Waals surface area contributed by atoms with Crippen LogP contribution in [0.2, 0.25) is 0 Å². The Kier molecular flexibility index (Phi) is 5.71. The van der Waals surface area contributed by atoms with E-state index in [9.17, 15) is 4.79 Å². The normalized spacial score (nSPS) is 15.3. The first-order chi connectivity index (χ1) is 14.2. The van der Waals surface area contributed by atoms with Crippen molar-refractivity contribution in [3.63, 3.8) is 0 Å². The van der Waals surface area contributed by atoms with Crippen LogP contribution in [0.5, 0.6) is 11.5 Å². The van der Waals surface area contributed by atoms with E-state index in [4.69, 9.17) is 9.47 Å². The number of methoxy groups -OCH3 is 1. The van der Waals surface area contributed by atoms with Crippen LogP contribution < -0.4 is 14.8 Å². The number of aryl methyl sites for hydroxylation is 1. The van der Waals surface area contributed by atoms with Gasteiger partial charge in [0.2, 0.25) is 0 Å². The van der Waals surface area contributed by atoms with Gasteiger partial charge >= 0.3 is 0 Å². The van der Waals surface area contributed by atoms with Gasteiger partial charge in [-0.15, -0.1) is 11.3 Å². The highest BCUT2D eigenvalue weighted by Gasteiger charge is 2.23. The third-order valence-corrected chi connectivity index (χ3v) is 5.90. The Hall–Kier alpha value is -3.00. The molecule has 8 heteroatoms. The molecule has 29 heavy (non-hydrogen) atoms. The Morgan fingerprint density at radius 1 is 1.34 bits per heavy atom. The Labute approximate surface area is 173 Å². The lowest BCUT2D eigenvalue weighted by Gasteiger charge is -2.25. The van der Waals surface area contributed by atoms with E-state index in [1.807, 2.05) is 25.1 Å². The first-order valence-corrected chi connectivity index (χ1v) is 10.3. The first kappa shape index (κ1) is 19.3. The Morgan fingerprint density at radius 3 is 2.93 bits per heavy atom. The molecule has 1 aromatic carbocycles. The molecule has 0 saturated heterocycles. The lowest BCUT2D eigenvalue weighted by molar-refractivity contribution is 0.0942. The molecule has 0 bridgehead atoms. The summed E-state index contributed by atoms with van der Waals surface area (Å²) in [6, 6.07) is 7.61. The summed E-state index contributed by atoms with van der Waals surface area (Å²) in [7, 11) is 1.64. The molecular weight excluding hydrogens is 388 g/mol. The van der Waals surface area contributed by atoms with Gasteiger partial charge in [0.1, 0.15) is 16.4 Å². The van der Waals surface area contributed by atoms with Gasteiger partial charge in [-0.2, -0.15) is 0 Å². The van der Waals surface area contributed by atoms with Crippen LogP contribution in [0.15, 0.2) is 36.7 Å². The number of amides is 1. The van der Waals surface area contributed by atoms with Crippen molar-refractivity contribution < 1.29 is 14.3 Å². The fraction of sp³-hybridized carbons (Fsp3) is 0.333. The van der Waals surface area contributed by atoms with Crippen LogP contribution in [0, 0.1) is 5.92 Å². The van der Waals surface area contributed by atoms with E-state index in [1.54, 1.807) is 25.6 Å². The third-order valence-electron chi connectivity index (χ3n) is 4.80.